The van der Waals surface area contributed by atoms with Gasteiger partial charge >= 0.3 is 0 Å². The van der Waals surface area contributed by atoms with Gasteiger partial charge in [-0.15, -0.1) is 0 Å². The van der Waals surface area contributed by atoms with Crippen LogP contribution in [0.15, 0.2) is 24.3 Å². The van der Waals surface area contributed by atoms with Gasteiger partial charge in [0.15, 0.2) is 0 Å². The third-order valence-corrected chi connectivity index (χ3v) is 5.12. The summed E-state index contributed by atoms with van der Waals surface area (Å²) in [7, 11) is 1.68. The molecule has 1 aromatic carbocycles. The summed E-state index contributed by atoms with van der Waals surface area (Å²) in [6.07, 6.45) is 6.64. The number of ether oxygens (including phenoxy) is 1. The van der Waals surface area contributed by atoms with Gasteiger partial charge in [-0.1, -0.05) is 12.1 Å². The van der Waals surface area contributed by atoms with Crippen LogP contribution in [0.3, 0.4) is 0 Å². The number of ketones is 2. The standard InChI is InChI=1S/C19H22O3/c1-19(17(20)8-9-18(19)21)11-10-13-4-3-5-14-12-15(22-2)6-7-16(13)14/h6-7,10,12H,3-5,8-9,11H2,1-2H3/b13-10-. The fourth-order valence-corrected chi connectivity index (χ4v) is 3.52. The van der Waals surface area contributed by atoms with Gasteiger partial charge in [-0.3, -0.25) is 9.59 Å². The van der Waals surface area contributed by atoms with Crippen molar-refractivity contribution < 1.29 is 14.3 Å². The molecule has 116 valence electrons. The van der Waals surface area contributed by atoms with E-state index in [0.717, 1.165) is 25.0 Å². The van der Waals surface area contributed by atoms with Gasteiger partial charge in [-0.25, -0.2) is 0 Å². The molecular formula is C19H22O3. The van der Waals surface area contributed by atoms with Crippen LogP contribution in [0.5, 0.6) is 5.75 Å². The van der Waals surface area contributed by atoms with Crippen LogP contribution >= 0.6 is 0 Å². The number of hydrogen-bond acceptors (Lipinski definition) is 3. The average molecular weight is 298 g/mol. The molecule has 0 bridgehead atoms. The lowest BCUT2D eigenvalue weighted by molar-refractivity contribution is -0.133. The summed E-state index contributed by atoms with van der Waals surface area (Å²) in [5.41, 5.74) is 3.01. The first-order valence-corrected chi connectivity index (χ1v) is 7.97. The van der Waals surface area contributed by atoms with Gasteiger partial charge in [0.2, 0.25) is 0 Å². The Morgan fingerprint density at radius 1 is 1.14 bits per heavy atom. The number of rotatable bonds is 3. The summed E-state index contributed by atoms with van der Waals surface area (Å²) in [5, 5.41) is 0. The Kier molecular flexibility index (Phi) is 3.90. The fraction of sp³-hybridized carbons (Fsp3) is 0.474. The van der Waals surface area contributed by atoms with Gasteiger partial charge in [0.25, 0.3) is 0 Å². The Balaban J connectivity index is 1.88. The maximum atomic E-state index is 12.0. The Labute approximate surface area is 131 Å². The Bertz CT molecular complexity index is 639. The largest absolute Gasteiger partial charge is 0.497 e. The van der Waals surface area contributed by atoms with E-state index in [4.69, 9.17) is 4.74 Å². The zero-order valence-electron chi connectivity index (χ0n) is 13.3. The molecule has 3 heteroatoms. The molecule has 0 spiro atoms. The summed E-state index contributed by atoms with van der Waals surface area (Å²) < 4.78 is 5.29. The van der Waals surface area contributed by atoms with Crippen molar-refractivity contribution in [3.8, 4) is 5.75 Å². The minimum Gasteiger partial charge on any atom is -0.497 e. The zero-order valence-corrected chi connectivity index (χ0v) is 13.3. The molecule has 1 aromatic rings. The van der Waals surface area contributed by atoms with Crippen molar-refractivity contribution in [1.29, 1.82) is 0 Å². The van der Waals surface area contributed by atoms with Crippen LogP contribution in [0.25, 0.3) is 5.57 Å². The van der Waals surface area contributed by atoms with Gasteiger partial charge in [-0.05, 0) is 61.4 Å². The average Bonchev–Trinajstić information content (AvgIpc) is 2.80. The molecule has 0 atom stereocenters. The van der Waals surface area contributed by atoms with Crippen LogP contribution < -0.4 is 4.74 Å². The molecular weight excluding hydrogens is 276 g/mol. The van der Waals surface area contributed by atoms with Gasteiger partial charge in [-0.2, -0.15) is 0 Å². The van der Waals surface area contributed by atoms with Crippen molar-refractivity contribution >= 4 is 17.1 Å². The van der Waals surface area contributed by atoms with Gasteiger partial charge in [0, 0.05) is 12.8 Å². The highest BCUT2D eigenvalue weighted by molar-refractivity contribution is 6.12. The summed E-state index contributed by atoms with van der Waals surface area (Å²) in [4.78, 5) is 24.1. The topological polar surface area (TPSA) is 43.4 Å². The Morgan fingerprint density at radius 2 is 1.86 bits per heavy atom. The van der Waals surface area contributed by atoms with Crippen LogP contribution in [0.4, 0.5) is 0 Å². The number of fused-ring (bicyclic) bond motifs is 1. The van der Waals surface area contributed by atoms with E-state index >= 15 is 0 Å². The number of allylic oxidation sites excluding steroid dienone is 2. The third kappa shape index (κ3) is 2.49. The Morgan fingerprint density at radius 3 is 2.55 bits per heavy atom. The van der Waals surface area contributed by atoms with Crippen molar-refractivity contribution in [3.05, 3.63) is 35.4 Å². The first kappa shape index (κ1) is 15.0. The summed E-state index contributed by atoms with van der Waals surface area (Å²) in [6, 6.07) is 6.17. The lowest BCUT2D eigenvalue weighted by Crippen LogP contribution is -2.28. The predicted octanol–water partition coefficient (Wildman–Crippen LogP) is 3.74. The minimum absolute atomic E-state index is 0.0973. The van der Waals surface area contributed by atoms with Crippen molar-refractivity contribution in [3.63, 3.8) is 0 Å². The fourth-order valence-electron chi connectivity index (χ4n) is 3.52. The van der Waals surface area contributed by atoms with E-state index in [2.05, 4.69) is 18.2 Å². The SMILES string of the molecule is COc1ccc2c(c1)CCC/C2=C/CC1(C)C(=O)CCC1=O. The molecule has 0 aliphatic heterocycles. The van der Waals surface area contributed by atoms with Crippen LogP contribution in [-0.4, -0.2) is 18.7 Å². The molecule has 0 amide bonds. The number of carbonyl (C=O) groups excluding carboxylic acids is 2. The Hall–Kier alpha value is -1.90. The summed E-state index contributed by atoms with van der Waals surface area (Å²) in [5.74, 6) is 1.08. The molecule has 3 rings (SSSR count). The van der Waals surface area contributed by atoms with Crippen LogP contribution in [0.1, 0.15) is 50.2 Å². The highest BCUT2D eigenvalue weighted by Gasteiger charge is 2.44. The summed E-state index contributed by atoms with van der Waals surface area (Å²) >= 11 is 0. The second kappa shape index (κ2) is 5.71. The second-order valence-corrected chi connectivity index (χ2v) is 6.49. The molecule has 3 nitrogen and oxygen atoms in total. The predicted molar refractivity (Wildman–Crippen MR) is 85.9 cm³/mol. The molecule has 0 saturated heterocycles. The molecule has 2 aliphatic rings. The van der Waals surface area contributed by atoms with E-state index in [0.29, 0.717) is 19.3 Å². The van der Waals surface area contributed by atoms with Crippen molar-refractivity contribution in [2.24, 2.45) is 5.41 Å². The van der Waals surface area contributed by atoms with E-state index in [1.54, 1.807) is 14.0 Å². The van der Waals surface area contributed by atoms with Gasteiger partial charge < -0.3 is 4.74 Å². The van der Waals surface area contributed by atoms with E-state index in [9.17, 15) is 9.59 Å². The lowest BCUT2D eigenvalue weighted by atomic mass is 9.80. The molecule has 0 radical (unpaired) electrons. The monoisotopic (exact) mass is 298 g/mol. The molecule has 1 fully saturated rings. The molecule has 22 heavy (non-hydrogen) atoms. The number of methoxy groups -OCH3 is 1. The normalized spacial score (nSPS) is 22.0. The molecule has 0 unspecified atom stereocenters. The van der Waals surface area contributed by atoms with E-state index in [-0.39, 0.29) is 11.6 Å². The number of hydrogen-bond donors (Lipinski definition) is 0. The summed E-state index contributed by atoms with van der Waals surface area (Å²) in [6.45, 7) is 1.81. The van der Waals surface area contributed by atoms with Gasteiger partial charge in [0.1, 0.15) is 17.3 Å². The van der Waals surface area contributed by atoms with Crippen molar-refractivity contribution in [2.45, 2.75) is 45.4 Å². The molecule has 1 saturated carbocycles. The van der Waals surface area contributed by atoms with Crippen LogP contribution in [-0.2, 0) is 16.0 Å². The quantitative estimate of drug-likeness (QED) is 0.798. The highest BCUT2D eigenvalue weighted by Crippen LogP contribution is 2.38. The number of carbonyl (C=O) groups is 2. The minimum atomic E-state index is -0.795. The lowest BCUT2D eigenvalue weighted by Gasteiger charge is -2.22. The van der Waals surface area contributed by atoms with Crippen molar-refractivity contribution in [1.82, 2.24) is 0 Å². The highest BCUT2D eigenvalue weighted by atomic mass is 16.5. The smallest absolute Gasteiger partial charge is 0.146 e. The second-order valence-electron chi connectivity index (χ2n) is 6.49. The molecule has 0 heterocycles. The maximum absolute atomic E-state index is 12.0. The van der Waals surface area contributed by atoms with Crippen LogP contribution in [0.2, 0.25) is 0 Å². The first-order chi connectivity index (χ1) is 10.5. The third-order valence-electron chi connectivity index (χ3n) is 5.12. The van der Waals surface area contributed by atoms with Crippen molar-refractivity contribution in [2.75, 3.05) is 7.11 Å². The number of aryl methyl sites for hydroxylation is 1. The number of benzene rings is 1. The maximum Gasteiger partial charge on any atom is 0.146 e. The molecule has 0 N–H and O–H groups in total. The van der Waals surface area contributed by atoms with E-state index < -0.39 is 5.41 Å². The number of Topliss-reactive ketones (excluding diaryl/α,β-unsaturated/α-hetero) is 2. The molecule has 2 aliphatic carbocycles. The van der Waals surface area contributed by atoms with E-state index in [1.807, 2.05) is 6.07 Å². The van der Waals surface area contributed by atoms with E-state index in [1.165, 1.54) is 16.7 Å². The molecule has 0 aromatic heterocycles. The van der Waals surface area contributed by atoms with Gasteiger partial charge in [0.05, 0.1) is 12.5 Å². The van der Waals surface area contributed by atoms with Crippen LogP contribution in [0, 0.1) is 5.41 Å². The zero-order chi connectivity index (χ0) is 15.7. The first-order valence-electron chi connectivity index (χ1n) is 7.97.